The largest absolute Gasteiger partial charge is 0.340 e. The zero-order valence-corrected chi connectivity index (χ0v) is 14.8. The van der Waals surface area contributed by atoms with E-state index in [1.165, 1.54) is 29.2 Å². The number of hydrogen-bond donors (Lipinski definition) is 1. The van der Waals surface area contributed by atoms with Gasteiger partial charge < -0.3 is 10.2 Å². The molecule has 2 fully saturated rings. The minimum atomic E-state index is 0.311. The van der Waals surface area contributed by atoms with Crippen molar-refractivity contribution in [1.82, 2.24) is 15.1 Å². The molecule has 132 valence electrons. The van der Waals surface area contributed by atoms with Crippen LogP contribution in [0, 0.1) is 0 Å². The Morgan fingerprint density at radius 3 is 2.60 bits per heavy atom. The van der Waals surface area contributed by atoms with Crippen LogP contribution in [0.15, 0.2) is 42.5 Å². The average molecular weight is 337 g/mol. The van der Waals surface area contributed by atoms with Gasteiger partial charge >= 0.3 is 0 Å². The van der Waals surface area contributed by atoms with Gasteiger partial charge in [-0.15, -0.1) is 0 Å². The number of fused-ring (bicyclic) bond motifs is 1. The fraction of sp³-hybridized carbons (Fsp3) is 0.476. The van der Waals surface area contributed by atoms with Crippen molar-refractivity contribution in [3.05, 3.63) is 48.0 Å². The SMILES string of the molecule is O=C(CCN(Cc1ccc2ccccc2c1)C1CC1)N1CCNCC1. The van der Waals surface area contributed by atoms with Crippen molar-refractivity contribution in [3.63, 3.8) is 0 Å². The van der Waals surface area contributed by atoms with Crippen LogP contribution in [0.2, 0.25) is 0 Å². The fourth-order valence-corrected chi connectivity index (χ4v) is 3.71. The van der Waals surface area contributed by atoms with Crippen molar-refractivity contribution in [2.75, 3.05) is 32.7 Å². The molecule has 1 saturated carbocycles. The number of nitrogens with one attached hydrogen (secondary N) is 1. The van der Waals surface area contributed by atoms with E-state index >= 15 is 0 Å². The molecule has 1 aliphatic carbocycles. The maximum absolute atomic E-state index is 12.4. The molecule has 4 rings (SSSR count). The molecule has 25 heavy (non-hydrogen) atoms. The quantitative estimate of drug-likeness (QED) is 0.880. The predicted octanol–water partition coefficient (Wildman–Crippen LogP) is 2.63. The van der Waals surface area contributed by atoms with Crippen LogP contribution in [-0.4, -0.2) is 54.5 Å². The average Bonchev–Trinajstić information content (AvgIpc) is 3.50. The summed E-state index contributed by atoms with van der Waals surface area (Å²) >= 11 is 0. The van der Waals surface area contributed by atoms with E-state index < -0.39 is 0 Å². The maximum Gasteiger partial charge on any atom is 0.223 e. The molecule has 1 aliphatic heterocycles. The molecule has 0 bridgehead atoms. The third-order valence-corrected chi connectivity index (χ3v) is 5.35. The van der Waals surface area contributed by atoms with Crippen LogP contribution in [0.4, 0.5) is 0 Å². The molecule has 1 amide bonds. The Kier molecular flexibility index (Phi) is 4.99. The number of carbonyl (C=O) groups excluding carboxylic acids is 1. The molecule has 0 atom stereocenters. The van der Waals surface area contributed by atoms with Crippen molar-refractivity contribution in [1.29, 1.82) is 0 Å². The fourth-order valence-electron chi connectivity index (χ4n) is 3.71. The Hall–Kier alpha value is -1.91. The molecule has 0 radical (unpaired) electrons. The molecule has 1 saturated heterocycles. The number of piperazine rings is 1. The number of benzene rings is 2. The third-order valence-electron chi connectivity index (χ3n) is 5.35. The lowest BCUT2D eigenvalue weighted by molar-refractivity contribution is -0.132. The minimum absolute atomic E-state index is 0.311. The Balaban J connectivity index is 1.38. The van der Waals surface area contributed by atoms with E-state index in [4.69, 9.17) is 0 Å². The highest BCUT2D eigenvalue weighted by atomic mass is 16.2. The summed E-state index contributed by atoms with van der Waals surface area (Å²) in [5.41, 5.74) is 1.35. The first-order chi connectivity index (χ1) is 12.3. The van der Waals surface area contributed by atoms with Crippen LogP contribution >= 0.6 is 0 Å². The summed E-state index contributed by atoms with van der Waals surface area (Å²) in [6.45, 7) is 5.38. The van der Waals surface area contributed by atoms with Crippen molar-refractivity contribution < 1.29 is 4.79 Å². The Labute approximate surface area is 149 Å². The van der Waals surface area contributed by atoms with Crippen LogP contribution < -0.4 is 5.32 Å². The molecule has 1 heterocycles. The van der Waals surface area contributed by atoms with Crippen molar-refractivity contribution >= 4 is 16.7 Å². The van der Waals surface area contributed by atoms with Gasteiger partial charge in [0.25, 0.3) is 0 Å². The predicted molar refractivity (Wildman–Crippen MR) is 101 cm³/mol. The molecule has 1 N–H and O–H groups in total. The molecule has 4 heteroatoms. The van der Waals surface area contributed by atoms with E-state index in [2.05, 4.69) is 52.7 Å². The first-order valence-electron chi connectivity index (χ1n) is 9.50. The van der Waals surface area contributed by atoms with Gasteiger partial charge in [-0.05, 0) is 35.2 Å². The highest BCUT2D eigenvalue weighted by Crippen LogP contribution is 2.29. The number of nitrogens with zero attached hydrogens (tertiary/aromatic N) is 2. The second kappa shape index (κ2) is 7.54. The molecular formula is C21H27N3O. The van der Waals surface area contributed by atoms with Crippen molar-refractivity contribution in [3.8, 4) is 0 Å². The van der Waals surface area contributed by atoms with E-state index in [9.17, 15) is 4.79 Å². The first-order valence-corrected chi connectivity index (χ1v) is 9.50. The van der Waals surface area contributed by atoms with Gasteiger partial charge in [0, 0.05) is 51.7 Å². The molecule has 4 nitrogen and oxygen atoms in total. The van der Waals surface area contributed by atoms with Crippen LogP contribution in [0.25, 0.3) is 10.8 Å². The summed E-state index contributed by atoms with van der Waals surface area (Å²) in [7, 11) is 0. The van der Waals surface area contributed by atoms with Gasteiger partial charge in [-0.25, -0.2) is 0 Å². The molecule has 0 aromatic heterocycles. The molecule has 0 spiro atoms. The van der Waals surface area contributed by atoms with E-state index in [-0.39, 0.29) is 0 Å². The number of rotatable bonds is 6. The van der Waals surface area contributed by atoms with Crippen LogP contribution in [0.5, 0.6) is 0 Å². The second-order valence-corrected chi connectivity index (χ2v) is 7.26. The number of amides is 1. The van der Waals surface area contributed by atoms with E-state index in [1.807, 2.05) is 4.90 Å². The lowest BCUT2D eigenvalue weighted by atomic mass is 10.1. The molecular weight excluding hydrogens is 310 g/mol. The maximum atomic E-state index is 12.4. The summed E-state index contributed by atoms with van der Waals surface area (Å²) in [5, 5.41) is 5.89. The minimum Gasteiger partial charge on any atom is -0.340 e. The normalized spacial score (nSPS) is 18.0. The Morgan fingerprint density at radius 2 is 1.84 bits per heavy atom. The zero-order valence-electron chi connectivity index (χ0n) is 14.8. The lowest BCUT2D eigenvalue weighted by Crippen LogP contribution is -2.47. The highest BCUT2D eigenvalue weighted by molar-refractivity contribution is 5.83. The van der Waals surface area contributed by atoms with Gasteiger partial charge in [0.05, 0.1) is 0 Å². The molecule has 2 aliphatic rings. The van der Waals surface area contributed by atoms with Gasteiger partial charge in [0.2, 0.25) is 5.91 Å². The lowest BCUT2D eigenvalue weighted by Gasteiger charge is -2.29. The standard InChI is InChI=1S/C21H27N3O/c25-21(23-13-10-22-11-14-23)9-12-24(20-7-8-20)16-17-5-6-18-3-1-2-4-19(18)15-17/h1-6,15,20,22H,7-14,16H2. The summed E-state index contributed by atoms with van der Waals surface area (Å²) in [5.74, 6) is 0.311. The van der Waals surface area contributed by atoms with Gasteiger partial charge in [-0.2, -0.15) is 0 Å². The topological polar surface area (TPSA) is 35.6 Å². The van der Waals surface area contributed by atoms with Gasteiger partial charge in [0.15, 0.2) is 0 Å². The summed E-state index contributed by atoms with van der Waals surface area (Å²) in [6.07, 6.45) is 3.19. The van der Waals surface area contributed by atoms with E-state index in [0.29, 0.717) is 18.4 Å². The first kappa shape index (κ1) is 16.6. The second-order valence-electron chi connectivity index (χ2n) is 7.26. The third kappa shape index (κ3) is 4.20. The molecule has 2 aromatic rings. The number of carbonyl (C=O) groups is 1. The van der Waals surface area contributed by atoms with Crippen LogP contribution in [0.1, 0.15) is 24.8 Å². The Morgan fingerprint density at radius 1 is 1.08 bits per heavy atom. The van der Waals surface area contributed by atoms with Crippen LogP contribution in [0.3, 0.4) is 0 Å². The molecule has 0 unspecified atom stereocenters. The Bertz CT molecular complexity index is 735. The molecule has 2 aromatic carbocycles. The zero-order chi connectivity index (χ0) is 17.1. The van der Waals surface area contributed by atoms with Gasteiger partial charge in [-0.1, -0.05) is 36.4 Å². The smallest absolute Gasteiger partial charge is 0.223 e. The summed E-state index contributed by atoms with van der Waals surface area (Å²) < 4.78 is 0. The monoisotopic (exact) mass is 337 g/mol. The van der Waals surface area contributed by atoms with Gasteiger partial charge in [-0.3, -0.25) is 9.69 Å². The van der Waals surface area contributed by atoms with Crippen molar-refractivity contribution in [2.24, 2.45) is 0 Å². The number of hydrogen-bond acceptors (Lipinski definition) is 3. The van der Waals surface area contributed by atoms with Crippen LogP contribution in [-0.2, 0) is 11.3 Å². The summed E-state index contributed by atoms with van der Waals surface area (Å²) in [4.78, 5) is 17.0. The van der Waals surface area contributed by atoms with E-state index in [0.717, 1.165) is 39.3 Å². The highest BCUT2D eigenvalue weighted by Gasteiger charge is 2.29. The van der Waals surface area contributed by atoms with E-state index in [1.54, 1.807) is 0 Å². The summed E-state index contributed by atoms with van der Waals surface area (Å²) in [6, 6.07) is 15.9. The van der Waals surface area contributed by atoms with Crippen molar-refractivity contribution in [2.45, 2.75) is 31.8 Å². The van der Waals surface area contributed by atoms with Gasteiger partial charge in [0.1, 0.15) is 0 Å².